The molecule has 1 aliphatic rings. The van der Waals surface area contributed by atoms with Crippen LogP contribution in [0.15, 0.2) is 0 Å². The first-order chi connectivity index (χ1) is 9.97. The molecule has 0 radical (unpaired) electrons. The zero-order valence-electron chi connectivity index (χ0n) is 14.1. The number of piperazine rings is 1. The van der Waals surface area contributed by atoms with Gasteiger partial charge in [-0.05, 0) is 25.2 Å². The lowest BCUT2D eigenvalue weighted by Gasteiger charge is -2.47. The lowest BCUT2D eigenvalue weighted by molar-refractivity contribution is -0.157. The Bertz CT molecular complexity index is 367. The van der Waals surface area contributed by atoms with Gasteiger partial charge in [-0.3, -0.25) is 9.59 Å². The normalized spacial score (nSPS) is 23.1. The van der Waals surface area contributed by atoms with Crippen LogP contribution in [0.1, 0.15) is 53.4 Å². The Labute approximate surface area is 128 Å². The topological polar surface area (TPSA) is 58.6 Å². The fourth-order valence-electron chi connectivity index (χ4n) is 3.04. The summed E-state index contributed by atoms with van der Waals surface area (Å²) in [6, 6.07) is -0.356. The monoisotopic (exact) mass is 298 g/mol. The second kappa shape index (κ2) is 7.78. The second-order valence-electron chi connectivity index (χ2n) is 5.95. The molecule has 0 aromatic carbocycles. The summed E-state index contributed by atoms with van der Waals surface area (Å²) in [6.45, 7) is 9.18. The smallest absolute Gasteiger partial charge is 0.248 e. The van der Waals surface area contributed by atoms with Crippen LogP contribution in [0.25, 0.3) is 0 Å². The van der Waals surface area contributed by atoms with Gasteiger partial charge in [0.15, 0.2) is 0 Å². The van der Waals surface area contributed by atoms with Crippen molar-refractivity contribution >= 4 is 11.8 Å². The standard InChI is InChI=1S/C16H30N2O3/c1-6-12(4)13-14(19)17-16(7-2,8-3)15(20)18(13)10-9-11-21-5/h12-13H,6-11H2,1-5H3,(H,17,19). The van der Waals surface area contributed by atoms with E-state index in [-0.39, 0.29) is 23.8 Å². The van der Waals surface area contributed by atoms with E-state index >= 15 is 0 Å². The molecule has 2 amide bonds. The molecule has 1 fully saturated rings. The van der Waals surface area contributed by atoms with E-state index in [1.54, 1.807) is 12.0 Å². The summed E-state index contributed by atoms with van der Waals surface area (Å²) in [6.07, 6.45) is 2.88. The fourth-order valence-corrected chi connectivity index (χ4v) is 3.04. The van der Waals surface area contributed by atoms with Crippen molar-refractivity contribution in [3.05, 3.63) is 0 Å². The van der Waals surface area contributed by atoms with Gasteiger partial charge in [-0.1, -0.05) is 34.1 Å². The van der Waals surface area contributed by atoms with Crippen LogP contribution in [0.3, 0.4) is 0 Å². The molecule has 1 rings (SSSR count). The Morgan fingerprint density at radius 3 is 2.38 bits per heavy atom. The van der Waals surface area contributed by atoms with E-state index in [0.717, 1.165) is 12.8 Å². The predicted molar refractivity (Wildman–Crippen MR) is 82.9 cm³/mol. The minimum atomic E-state index is -0.728. The molecule has 5 nitrogen and oxygen atoms in total. The van der Waals surface area contributed by atoms with E-state index in [1.165, 1.54) is 0 Å². The molecule has 1 N–H and O–H groups in total. The Morgan fingerprint density at radius 1 is 1.29 bits per heavy atom. The molecular formula is C16H30N2O3. The largest absolute Gasteiger partial charge is 0.385 e. The van der Waals surface area contributed by atoms with E-state index in [2.05, 4.69) is 12.2 Å². The quantitative estimate of drug-likeness (QED) is 0.697. The van der Waals surface area contributed by atoms with Gasteiger partial charge >= 0.3 is 0 Å². The number of ether oxygens (including phenoxy) is 1. The zero-order valence-corrected chi connectivity index (χ0v) is 14.1. The van der Waals surface area contributed by atoms with Crippen LogP contribution >= 0.6 is 0 Å². The van der Waals surface area contributed by atoms with Crippen LogP contribution in [0.4, 0.5) is 0 Å². The minimum absolute atomic E-state index is 0.00920. The summed E-state index contributed by atoms with van der Waals surface area (Å²) in [5.74, 6) is 0.210. The van der Waals surface area contributed by atoms with Gasteiger partial charge in [0, 0.05) is 20.3 Å². The summed E-state index contributed by atoms with van der Waals surface area (Å²) >= 11 is 0. The molecule has 0 aromatic rings. The van der Waals surface area contributed by atoms with E-state index in [0.29, 0.717) is 26.0 Å². The number of carbonyl (C=O) groups is 2. The van der Waals surface area contributed by atoms with Gasteiger partial charge in [0.2, 0.25) is 11.8 Å². The highest BCUT2D eigenvalue weighted by molar-refractivity contribution is 5.99. The van der Waals surface area contributed by atoms with Crippen molar-refractivity contribution in [3.8, 4) is 0 Å². The van der Waals surface area contributed by atoms with Crippen molar-refractivity contribution in [2.24, 2.45) is 5.92 Å². The number of amides is 2. The average Bonchev–Trinajstić information content (AvgIpc) is 2.49. The highest BCUT2D eigenvalue weighted by Crippen LogP contribution is 2.29. The highest BCUT2D eigenvalue weighted by Gasteiger charge is 2.49. The zero-order chi connectivity index (χ0) is 16.0. The van der Waals surface area contributed by atoms with Crippen LogP contribution in [0.2, 0.25) is 0 Å². The SMILES string of the molecule is CCC(C)C1C(=O)NC(CC)(CC)C(=O)N1CCCOC. The van der Waals surface area contributed by atoms with Gasteiger partial charge < -0.3 is 15.0 Å². The van der Waals surface area contributed by atoms with Crippen molar-refractivity contribution in [1.29, 1.82) is 0 Å². The second-order valence-corrected chi connectivity index (χ2v) is 5.95. The molecule has 1 heterocycles. The third-order valence-corrected chi connectivity index (χ3v) is 4.77. The summed E-state index contributed by atoms with van der Waals surface area (Å²) in [4.78, 5) is 27.3. The fraction of sp³-hybridized carbons (Fsp3) is 0.875. The minimum Gasteiger partial charge on any atom is -0.385 e. The Balaban J connectivity index is 3.04. The molecule has 0 aliphatic carbocycles. The number of methoxy groups -OCH3 is 1. The molecule has 2 unspecified atom stereocenters. The van der Waals surface area contributed by atoms with Crippen LogP contribution in [0.5, 0.6) is 0 Å². The maximum absolute atomic E-state index is 13.0. The van der Waals surface area contributed by atoms with Crippen LogP contribution < -0.4 is 5.32 Å². The van der Waals surface area contributed by atoms with Gasteiger partial charge in [-0.15, -0.1) is 0 Å². The molecular weight excluding hydrogens is 268 g/mol. The van der Waals surface area contributed by atoms with E-state index < -0.39 is 5.54 Å². The first kappa shape index (κ1) is 18.0. The van der Waals surface area contributed by atoms with Crippen molar-refractivity contribution in [2.45, 2.75) is 65.0 Å². The summed E-state index contributed by atoms with van der Waals surface area (Å²) in [5.41, 5.74) is -0.728. The van der Waals surface area contributed by atoms with Gasteiger partial charge in [-0.2, -0.15) is 0 Å². The molecule has 0 spiro atoms. The lowest BCUT2D eigenvalue weighted by atomic mass is 9.84. The molecule has 0 bridgehead atoms. The van der Waals surface area contributed by atoms with Gasteiger partial charge in [0.25, 0.3) is 0 Å². The number of nitrogens with one attached hydrogen (secondary N) is 1. The Morgan fingerprint density at radius 2 is 1.90 bits per heavy atom. The number of carbonyl (C=O) groups excluding carboxylic acids is 2. The Kier molecular flexibility index (Phi) is 6.65. The van der Waals surface area contributed by atoms with Gasteiger partial charge in [-0.25, -0.2) is 0 Å². The third-order valence-electron chi connectivity index (χ3n) is 4.77. The molecule has 21 heavy (non-hydrogen) atoms. The lowest BCUT2D eigenvalue weighted by Crippen LogP contribution is -2.71. The average molecular weight is 298 g/mol. The number of nitrogens with zero attached hydrogens (tertiary/aromatic N) is 1. The van der Waals surface area contributed by atoms with Crippen LogP contribution in [-0.4, -0.2) is 48.6 Å². The van der Waals surface area contributed by atoms with Crippen molar-refractivity contribution in [2.75, 3.05) is 20.3 Å². The third kappa shape index (κ3) is 3.57. The maximum atomic E-state index is 13.0. The molecule has 122 valence electrons. The van der Waals surface area contributed by atoms with Crippen molar-refractivity contribution < 1.29 is 14.3 Å². The number of hydrogen-bond acceptors (Lipinski definition) is 3. The number of rotatable bonds is 8. The predicted octanol–water partition coefficient (Wildman–Crippen LogP) is 1.95. The van der Waals surface area contributed by atoms with E-state index in [9.17, 15) is 9.59 Å². The summed E-state index contributed by atoms with van der Waals surface area (Å²) in [5, 5.41) is 3.00. The summed E-state index contributed by atoms with van der Waals surface area (Å²) in [7, 11) is 1.65. The molecule has 5 heteroatoms. The molecule has 1 saturated heterocycles. The van der Waals surface area contributed by atoms with E-state index in [4.69, 9.17) is 4.74 Å². The van der Waals surface area contributed by atoms with Gasteiger partial charge in [0.05, 0.1) is 0 Å². The number of hydrogen-bond donors (Lipinski definition) is 1. The van der Waals surface area contributed by atoms with E-state index in [1.807, 2.05) is 20.8 Å². The van der Waals surface area contributed by atoms with Crippen LogP contribution in [-0.2, 0) is 14.3 Å². The van der Waals surface area contributed by atoms with Crippen molar-refractivity contribution in [3.63, 3.8) is 0 Å². The first-order valence-corrected chi connectivity index (χ1v) is 8.09. The van der Waals surface area contributed by atoms with Crippen LogP contribution in [0, 0.1) is 5.92 Å². The molecule has 1 aliphatic heterocycles. The maximum Gasteiger partial charge on any atom is 0.248 e. The van der Waals surface area contributed by atoms with Gasteiger partial charge in [0.1, 0.15) is 11.6 Å². The molecule has 0 aromatic heterocycles. The summed E-state index contributed by atoms with van der Waals surface area (Å²) < 4.78 is 5.08. The molecule has 0 saturated carbocycles. The Hall–Kier alpha value is -1.10. The van der Waals surface area contributed by atoms with Crippen molar-refractivity contribution in [1.82, 2.24) is 10.2 Å². The highest BCUT2D eigenvalue weighted by atomic mass is 16.5. The first-order valence-electron chi connectivity index (χ1n) is 8.09. The molecule has 2 atom stereocenters.